The van der Waals surface area contributed by atoms with Crippen LogP contribution in [0.25, 0.3) is 11.3 Å². The molecule has 9 heteroatoms. The standard InChI is InChI=1S/C26H25FN4O4/c1-26(2,25(28)33)21-16-4-3-5-18(27)22(16)35-23-17(21)7-9-19(30-23)15-6-8-20(29-14-15)24(32)31-10-12-34-13-11-31/h3-9,14,21H,10-13H2,1-2H3,(H2,28,33). The second kappa shape index (κ2) is 8.74. The summed E-state index contributed by atoms with van der Waals surface area (Å²) in [5, 5.41) is 0. The first kappa shape index (κ1) is 22.9. The monoisotopic (exact) mass is 476 g/mol. The number of benzene rings is 1. The van der Waals surface area contributed by atoms with Gasteiger partial charge < -0.3 is 20.1 Å². The third-order valence-corrected chi connectivity index (χ3v) is 6.64. The second-order valence-corrected chi connectivity index (χ2v) is 9.21. The summed E-state index contributed by atoms with van der Waals surface area (Å²) in [7, 11) is 0. The summed E-state index contributed by atoms with van der Waals surface area (Å²) in [5.41, 5.74) is 7.44. The average molecular weight is 477 g/mol. The molecule has 2 aromatic heterocycles. The zero-order valence-electron chi connectivity index (χ0n) is 19.5. The van der Waals surface area contributed by atoms with Crippen molar-refractivity contribution >= 4 is 11.8 Å². The molecule has 2 aliphatic rings. The van der Waals surface area contributed by atoms with Gasteiger partial charge in [-0.15, -0.1) is 0 Å². The number of nitrogens with two attached hydrogens (primary N) is 1. The number of hydrogen-bond donors (Lipinski definition) is 1. The van der Waals surface area contributed by atoms with Crippen molar-refractivity contribution < 1.29 is 23.5 Å². The first-order chi connectivity index (χ1) is 16.8. The Morgan fingerprint density at radius 3 is 2.54 bits per heavy atom. The number of nitrogens with zero attached hydrogens (tertiary/aromatic N) is 3. The van der Waals surface area contributed by atoms with Crippen LogP contribution in [0.15, 0.2) is 48.7 Å². The predicted octanol–water partition coefficient (Wildman–Crippen LogP) is 3.50. The van der Waals surface area contributed by atoms with Gasteiger partial charge in [-0.05, 0) is 24.3 Å². The van der Waals surface area contributed by atoms with Gasteiger partial charge in [-0.1, -0.05) is 32.0 Å². The van der Waals surface area contributed by atoms with Crippen molar-refractivity contribution in [3.8, 4) is 22.9 Å². The Labute approximate surface area is 201 Å². The SMILES string of the molecule is CC(C)(C(N)=O)C1c2ccc(-c3ccc(C(=O)N4CCOCC4)nc3)nc2Oc2c(F)cccc21. The molecule has 180 valence electrons. The lowest BCUT2D eigenvalue weighted by Gasteiger charge is -2.36. The summed E-state index contributed by atoms with van der Waals surface area (Å²) in [5.74, 6) is -1.51. The van der Waals surface area contributed by atoms with Gasteiger partial charge in [-0.3, -0.25) is 14.6 Å². The van der Waals surface area contributed by atoms with Crippen molar-refractivity contribution in [1.29, 1.82) is 0 Å². The molecule has 0 bridgehead atoms. The quantitative estimate of drug-likeness (QED) is 0.618. The van der Waals surface area contributed by atoms with Crippen LogP contribution in [0, 0.1) is 11.2 Å². The molecular weight excluding hydrogens is 451 g/mol. The van der Waals surface area contributed by atoms with Crippen molar-refractivity contribution in [2.75, 3.05) is 26.3 Å². The highest BCUT2D eigenvalue weighted by Crippen LogP contribution is 2.52. The van der Waals surface area contributed by atoms with E-state index in [-0.39, 0.29) is 17.5 Å². The molecule has 3 aromatic rings. The lowest BCUT2D eigenvalue weighted by molar-refractivity contribution is -0.126. The fraction of sp³-hybridized carbons (Fsp3) is 0.308. The van der Waals surface area contributed by atoms with Gasteiger partial charge >= 0.3 is 0 Å². The van der Waals surface area contributed by atoms with Crippen LogP contribution >= 0.6 is 0 Å². The number of primary amides is 1. The van der Waals surface area contributed by atoms with Crippen molar-refractivity contribution in [2.45, 2.75) is 19.8 Å². The zero-order chi connectivity index (χ0) is 24.7. The zero-order valence-corrected chi connectivity index (χ0v) is 19.5. The molecule has 1 unspecified atom stereocenters. The number of carbonyl (C=O) groups excluding carboxylic acids is 2. The molecule has 1 aromatic carbocycles. The summed E-state index contributed by atoms with van der Waals surface area (Å²) >= 11 is 0. The first-order valence-electron chi connectivity index (χ1n) is 11.4. The van der Waals surface area contributed by atoms with E-state index < -0.39 is 23.1 Å². The summed E-state index contributed by atoms with van der Waals surface area (Å²) in [4.78, 5) is 35.7. The van der Waals surface area contributed by atoms with E-state index in [2.05, 4.69) is 9.97 Å². The van der Waals surface area contributed by atoms with Crippen LogP contribution in [0.2, 0.25) is 0 Å². The van der Waals surface area contributed by atoms with E-state index in [1.807, 2.05) is 6.07 Å². The Hall–Kier alpha value is -3.85. The fourth-order valence-corrected chi connectivity index (χ4v) is 4.56. The highest BCUT2D eigenvalue weighted by Gasteiger charge is 2.43. The van der Waals surface area contributed by atoms with Crippen molar-refractivity contribution in [1.82, 2.24) is 14.9 Å². The maximum Gasteiger partial charge on any atom is 0.272 e. The summed E-state index contributed by atoms with van der Waals surface area (Å²) in [6.45, 7) is 5.55. The molecular formula is C26H25FN4O4. The summed E-state index contributed by atoms with van der Waals surface area (Å²) in [6.07, 6.45) is 1.57. The highest BCUT2D eigenvalue weighted by atomic mass is 19.1. The van der Waals surface area contributed by atoms with Crippen LogP contribution in [0.3, 0.4) is 0 Å². The van der Waals surface area contributed by atoms with Crippen molar-refractivity contribution in [3.05, 3.63) is 71.3 Å². The van der Waals surface area contributed by atoms with E-state index in [0.717, 1.165) is 0 Å². The molecule has 0 spiro atoms. The smallest absolute Gasteiger partial charge is 0.272 e. The molecule has 4 heterocycles. The number of ether oxygens (including phenoxy) is 2. The van der Waals surface area contributed by atoms with E-state index in [0.29, 0.717) is 54.4 Å². The maximum atomic E-state index is 14.7. The number of hydrogen-bond acceptors (Lipinski definition) is 6. The van der Waals surface area contributed by atoms with Gasteiger partial charge in [-0.2, -0.15) is 0 Å². The Kier molecular flexibility index (Phi) is 5.72. The third kappa shape index (κ3) is 4.01. The highest BCUT2D eigenvalue weighted by molar-refractivity contribution is 5.92. The van der Waals surface area contributed by atoms with Crippen LogP contribution in [0.1, 0.15) is 41.4 Å². The predicted molar refractivity (Wildman–Crippen MR) is 125 cm³/mol. The Morgan fingerprint density at radius 2 is 1.86 bits per heavy atom. The number of amides is 2. The fourth-order valence-electron chi connectivity index (χ4n) is 4.56. The van der Waals surface area contributed by atoms with Crippen LogP contribution in [-0.4, -0.2) is 53.0 Å². The Bertz CT molecular complexity index is 1300. The first-order valence-corrected chi connectivity index (χ1v) is 11.4. The van der Waals surface area contributed by atoms with E-state index in [9.17, 15) is 14.0 Å². The molecule has 2 N–H and O–H groups in total. The molecule has 5 rings (SSSR count). The molecule has 35 heavy (non-hydrogen) atoms. The van der Waals surface area contributed by atoms with Crippen molar-refractivity contribution in [2.24, 2.45) is 11.1 Å². The van der Waals surface area contributed by atoms with Gasteiger partial charge in [-0.25, -0.2) is 9.37 Å². The number of morpholine rings is 1. The van der Waals surface area contributed by atoms with Crippen LogP contribution in [-0.2, 0) is 9.53 Å². The van der Waals surface area contributed by atoms with Gasteiger partial charge in [0.2, 0.25) is 11.8 Å². The minimum atomic E-state index is -1.02. The van der Waals surface area contributed by atoms with Crippen LogP contribution in [0.4, 0.5) is 4.39 Å². The van der Waals surface area contributed by atoms with E-state index in [4.69, 9.17) is 15.2 Å². The molecule has 8 nitrogen and oxygen atoms in total. The number of aromatic nitrogens is 2. The van der Waals surface area contributed by atoms with Crippen LogP contribution in [0.5, 0.6) is 11.6 Å². The number of rotatable bonds is 4. The van der Waals surface area contributed by atoms with Gasteiger partial charge in [0.1, 0.15) is 5.69 Å². The number of halogens is 1. The number of fused-ring (bicyclic) bond motifs is 2. The molecule has 1 atom stereocenters. The normalized spacial score (nSPS) is 17.2. The summed E-state index contributed by atoms with van der Waals surface area (Å²) in [6, 6.07) is 11.6. The number of para-hydroxylation sites is 1. The average Bonchev–Trinajstić information content (AvgIpc) is 2.87. The minimum Gasteiger partial charge on any atom is -0.435 e. The van der Waals surface area contributed by atoms with Gasteiger partial charge in [0.25, 0.3) is 5.91 Å². The largest absolute Gasteiger partial charge is 0.435 e. The maximum absolute atomic E-state index is 14.7. The Balaban J connectivity index is 1.50. The molecule has 1 fully saturated rings. The van der Waals surface area contributed by atoms with E-state index in [1.165, 1.54) is 6.07 Å². The second-order valence-electron chi connectivity index (χ2n) is 9.21. The van der Waals surface area contributed by atoms with Gasteiger partial charge in [0.05, 0.1) is 24.3 Å². The number of carbonyl (C=O) groups is 2. The van der Waals surface area contributed by atoms with E-state index >= 15 is 0 Å². The lowest BCUT2D eigenvalue weighted by atomic mass is 9.70. The Morgan fingerprint density at radius 1 is 1.09 bits per heavy atom. The van der Waals surface area contributed by atoms with Gasteiger partial charge in [0.15, 0.2) is 11.6 Å². The minimum absolute atomic E-state index is 0.0357. The number of pyridine rings is 2. The third-order valence-electron chi connectivity index (χ3n) is 6.64. The molecule has 2 amide bonds. The molecule has 1 saturated heterocycles. The molecule has 2 aliphatic heterocycles. The topological polar surface area (TPSA) is 108 Å². The van der Waals surface area contributed by atoms with Crippen LogP contribution < -0.4 is 10.5 Å². The molecule has 0 radical (unpaired) electrons. The van der Waals surface area contributed by atoms with E-state index in [1.54, 1.807) is 55.3 Å². The van der Waals surface area contributed by atoms with Gasteiger partial charge in [0, 0.05) is 41.9 Å². The van der Waals surface area contributed by atoms with Crippen molar-refractivity contribution in [3.63, 3.8) is 0 Å². The molecule has 0 aliphatic carbocycles. The lowest BCUT2D eigenvalue weighted by Crippen LogP contribution is -2.41. The molecule has 0 saturated carbocycles. The summed E-state index contributed by atoms with van der Waals surface area (Å²) < 4.78 is 25.9.